The standard InChI is InChI=1S/C16H12F4N2O2/c17-12-6-4-10(5-7-12)15(24)21-9-14(23)22-13-3-1-2-11(8-13)16(18,19)20/h1-8H,9H2,(H,21,24)(H,22,23). The molecule has 0 radical (unpaired) electrons. The maximum atomic E-state index is 12.7. The largest absolute Gasteiger partial charge is 0.416 e. The Hall–Kier alpha value is -2.90. The third-order valence-electron chi connectivity index (χ3n) is 2.99. The highest BCUT2D eigenvalue weighted by Gasteiger charge is 2.30. The summed E-state index contributed by atoms with van der Waals surface area (Å²) in [6.45, 7) is -0.438. The van der Waals surface area contributed by atoms with Crippen molar-refractivity contribution >= 4 is 17.5 Å². The summed E-state index contributed by atoms with van der Waals surface area (Å²) in [6, 6.07) is 8.82. The van der Waals surface area contributed by atoms with Crippen molar-refractivity contribution in [2.24, 2.45) is 0 Å². The maximum Gasteiger partial charge on any atom is 0.416 e. The highest BCUT2D eigenvalue weighted by atomic mass is 19.4. The number of amides is 2. The molecule has 24 heavy (non-hydrogen) atoms. The molecule has 2 rings (SSSR count). The van der Waals surface area contributed by atoms with Crippen LogP contribution >= 0.6 is 0 Å². The zero-order valence-corrected chi connectivity index (χ0v) is 12.2. The topological polar surface area (TPSA) is 58.2 Å². The van der Waals surface area contributed by atoms with Crippen LogP contribution in [0.3, 0.4) is 0 Å². The third-order valence-corrected chi connectivity index (χ3v) is 2.99. The third kappa shape index (κ3) is 4.80. The number of halogens is 4. The molecule has 0 unspecified atom stereocenters. The smallest absolute Gasteiger partial charge is 0.343 e. The van der Waals surface area contributed by atoms with E-state index in [9.17, 15) is 27.2 Å². The highest BCUT2D eigenvalue weighted by Crippen LogP contribution is 2.30. The van der Waals surface area contributed by atoms with Gasteiger partial charge in [-0.3, -0.25) is 9.59 Å². The van der Waals surface area contributed by atoms with Gasteiger partial charge in [0.1, 0.15) is 5.82 Å². The van der Waals surface area contributed by atoms with Gasteiger partial charge in [0.15, 0.2) is 0 Å². The van der Waals surface area contributed by atoms with Gasteiger partial charge in [-0.2, -0.15) is 13.2 Å². The molecule has 0 fully saturated rings. The van der Waals surface area contributed by atoms with Crippen molar-refractivity contribution in [3.8, 4) is 0 Å². The Bertz CT molecular complexity index is 742. The van der Waals surface area contributed by atoms with Gasteiger partial charge in [-0.15, -0.1) is 0 Å². The van der Waals surface area contributed by atoms with E-state index >= 15 is 0 Å². The molecule has 0 aliphatic heterocycles. The van der Waals surface area contributed by atoms with E-state index in [1.165, 1.54) is 18.2 Å². The van der Waals surface area contributed by atoms with Crippen LogP contribution in [-0.2, 0) is 11.0 Å². The molecule has 0 atom stereocenters. The summed E-state index contributed by atoms with van der Waals surface area (Å²) in [6.07, 6.45) is -4.52. The van der Waals surface area contributed by atoms with Crippen molar-refractivity contribution in [3.63, 3.8) is 0 Å². The van der Waals surface area contributed by atoms with Gasteiger partial charge in [-0.1, -0.05) is 6.07 Å². The van der Waals surface area contributed by atoms with Crippen molar-refractivity contribution in [2.75, 3.05) is 11.9 Å². The van der Waals surface area contributed by atoms with E-state index in [0.717, 1.165) is 30.3 Å². The summed E-state index contributed by atoms with van der Waals surface area (Å²) in [5.74, 6) is -1.80. The van der Waals surface area contributed by atoms with Gasteiger partial charge in [0.2, 0.25) is 5.91 Å². The van der Waals surface area contributed by atoms with Crippen LogP contribution in [0.15, 0.2) is 48.5 Å². The summed E-state index contributed by atoms with van der Waals surface area (Å²) >= 11 is 0. The second-order valence-electron chi connectivity index (χ2n) is 4.82. The van der Waals surface area contributed by atoms with E-state index < -0.39 is 35.9 Å². The fourth-order valence-corrected chi connectivity index (χ4v) is 1.84. The second kappa shape index (κ2) is 7.12. The number of hydrogen-bond donors (Lipinski definition) is 2. The summed E-state index contributed by atoms with van der Waals surface area (Å²) in [5, 5.41) is 4.54. The van der Waals surface area contributed by atoms with Gasteiger partial charge in [-0.05, 0) is 42.5 Å². The summed E-state index contributed by atoms with van der Waals surface area (Å²) in [4.78, 5) is 23.4. The van der Waals surface area contributed by atoms with E-state index in [2.05, 4.69) is 10.6 Å². The van der Waals surface area contributed by atoms with Gasteiger partial charge < -0.3 is 10.6 Å². The molecule has 0 aliphatic carbocycles. The van der Waals surface area contributed by atoms with Gasteiger partial charge in [-0.25, -0.2) is 4.39 Å². The molecule has 0 saturated heterocycles. The number of nitrogens with one attached hydrogen (secondary N) is 2. The summed E-state index contributed by atoms with van der Waals surface area (Å²) in [7, 11) is 0. The summed E-state index contributed by atoms with van der Waals surface area (Å²) in [5.41, 5.74) is -0.773. The molecular weight excluding hydrogens is 328 g/mol. The van der Waals surface area contributed by atoms with Crippen LogP contribution in [0.2, 0.25) is 0 Å². The fourth-order valence-electron chi connectivity index (χ4n) is 1.84. The average Bonchev–Trinajstić information content (AvgIpc) is 2.53. The molecule has 4 nitrogen and oxygen atoms in total. The second-order valence-corrected chi connectivity index (χ2v) is 4.82. The highest BCUT2D eigenvalue weighted by molar-refractivity contribution is 5.99. The average molecular weight is 340 g/mol. The minimum atomic E-state index is -4.52. The molecule has 2 amide bonds. The first-order valence-corrected chi connectivity index (χ1v) is 6.76. The van der Waals surface area contributed by atoms with E-state index in [1.54, 1.807) is 0 Å². The first-order valence-electron chi connectivity index (χ1n) is 6.76. The van der Waals surface area contributed by atoms with Crippen molar-refractivity contribution in [1.29, 1.82) is 0 Å². The maximum absolute atomic E-state index is 12.7. The van der Waals surface area contributed by atoms with Crippen molar-refractivity contribution < 1.29 is 27.2 Å². The predicted molar refractivity (Wildman–Crippen MR) is 78.8 cm³/mol. The molecular formula is C16H12F4N2O2. The fraction of sp³-hybridized carbons (Fsp3) is 0.125. The monoisotopic (exact) mass is 340 g/mol. The van der Waals surface area contributed by atoms with Crippen LogP contribution in [0.25, 0.3) is 0 Å². The Morgan fingerprint density at radius 3 is 2.29 bits per heavy atom. The lowest BCUT2D eigenvalue weighted by Gasteiger charge is -2.10. The SMILES string of the molecule is O=C(CNC(=O)c1ccc(F)cc1)Nc1cccc(C(F)(F)F)c1. The van der Waals surface area contributed by atoms with Crippen molar-refractivity contribution in [3.05, 3.63) is 65.5 Å². The number of benzene rings is 2. The normalized spacial score (nSPS) is 11.0. The molecule has 2 N–H and O–H groups in total. The van der Waals surface area contributed by atoms with E-state index in [-0.39, 0.29) is 11.3 Å². The number of hydrogen-bond acceptors (Lipinski definition) is 2. The minimum absolute atomic E-state index is 0.0362. The minimum Gasteiger partial charge on any atom is -0.343 e. The van der Waals surface area contributed by atoms with E-state index in [4.69, 9.17) is 0 Å². The number of rotatable bonds is 4. The lowest BCUT2D eigenvalue weighted by molar-refractivity contribution is -0.137. The van der Waals surface area contributed by atoms with Gasteiger partial charge in [0.25, 0.3) is 5.91 Å². The first-order chi connectivity index (χ1) is 11.3. The van der Waals surface area contributed by atoms with Crippen LogP contribution in [0.1, 0.15) is 15.9 Å². The van der Waals surface area contributed by atoms with Crippen molar-refractivity contribution in [2.45, 2.75) is 6.18 Å². The molecule has 0 spiro atoms. The first kappa shape index (κ1) is 17.5. The number of carbonyl (C=O) groups excluding carboxylic acids is 2. The number of carbonyl (C=O) groups is 2. The molecule has 2 aromatic rings. The zero-order valence-electron chi connectivity index (χ0n) is 12.2. The molecule has 0 saturated carbocycles. The molecule has 8 heteroatoms. The predicted octanol–water partition coefficient (Wildman–Crippen LogP) is 3.21. The van der Waals surface area contributed by atoms with E-state index in [1.807, 2.05) is 0 Å². The van der Waals surface area contributed by atoms with Crippen LogP contribution in [-0.4, -0.2) is 18.4 Å². The number of anilines is 1. The van der Waals surface area contributed by atoms with Crippen molar-refractivity contribution in [1.82, 2.24) is 5.32 Å². The van der Waals surface area contributed by atoms with Crippen LogP contribution < -0.4 is 10.6 Å². The Morgan fingerprint density at radius 1 is 1.00 bits per heavy atom. The van der Waals surface area contributed by atoms with Crippen LogP contribution in [0.5, 0.6) is 0 Å². The van der Waals surface area contributed by atoms with Gasteiger partial charge in [0.05, 0.1) is 12.1 Å². The van der Waals surface area contributed by atoms with Crippen LogP contribution in [0.4, 0.5) is 23.2 Å². The Morgan fingerprint density at radius 2 is 1.67 bits per heavy atom. The molecule has 0 aliphatic rings. The molecule has 0 heterocycles. The van der Waals surface area contributed by atoms with Crippen LogP contribution in [0, 0.1) is 5.82 Å². The number of alkyl halides is 3. The molecule has 2 aromatic carbocycles. The lowest BCUT2D eigenvalue weighted by atomic mass is 10.2. The Labute approximate surface area is 134 Å². The Balaban J connectivity index is 1.92. The molecule has 0 aromatic heterocycles. The molecule has 126 valence electrons. The zero-order chi connectivity index (χ0) is 17.7. The van der Waals surface area contributed by atoms with E-state index in [0.29, 0.717) is 0 Å². The molecule has 0 bridgehead atoms. The van der Waals surface area contributed by atoms with Gasteiger partial charge in [0, 0.05) is 11.3 Å². The lowest BCUT2D eigenvalue weighted by Crippen LogP contribution is -2.32. The Kier molecular flexibility index (Phi) is 5.18. The van der Waals surface area contributed by atoms with Gasteiger partial charge >= 0.3 is 6.18 Å². The summed E-state index contributed by atoms with van der Waals surface area (Å²) < 4.78 is 50.5. The quantitative estimate of drug-likeness (QED) is 0.840.